The van der Waals surface area contributed by atoms with Gasteiger partial charge in [-0.15, -0.1) is 0 Å². The summed E-state index contributed by atoms with van der Waals surface area (Å²) in [7, 11) is 0. The molecule has 0 heterocycles. The fourth-order valence-corrected chi connectivity index (χ4v) is 1.25. The van der Waals surface area contributed by atoms with E-state index in [1.165, 1.54) is 24.3 Å². The van der Waals surface area contributed by atoms with Crippen LogP contribution in [0, 0.1) is 5.82 Å². The van der Waals surface area contributed by atoms with Gasteiger partial charge in [-0.2, -0.15) is 0 Å². The molecule has 0 aliphatic carbocycles. The zero-order chi connectivity index (χ0) is 12.0. The lowest BCUT2D eigenvalue weighted by molar-refractivity contribution is -0.115. The van der Waals surface area contributed by atoms with Gasteiger partial charge in [-0.3, -0.25) is 4.79 Å². The number of hydrogen-bond donors (Lipinski definition) is 2. The smallest absolute Gasteiger partial charge is 0.238 e. The minimum absolute atomic E-state index is 0.180. The van der Waals surface area contributed by atoms with Crippen LogP contribution >= 0.6 is 15.9 Å². The van der Waals surface area contributed by atoms with Gasteiger partial charge in [-0.1, -0.05) is 22.5 Å². The number of hydrogen-bond acceptors (Lipinski definition) is 2. The summed E-state index contributed by atoms with van der Waals surface area (Å²) in [5, 5.41) is 5.51. The van der Waals surface area contributed by atoms with E-state index in [9.17, 15) is 9.18 Å². The van der Waals surface area contributed by atoms with Gasteiger partial charge in [0, 0.05) is 16.7 Å². The van der Waals surface area contributed by atoms with Crippen LogP contribution in [-0.4, -0.2) is 19.0 Å². The lowest BCUT2D eigenvalue weighted by Crippen LogP contribution is -2.28. The molecule has 0 spiro atoms. The topological polar surface area (TPSA) is 41.1 Å². The maximum atomic E-state index is 12.6. The molecule has 0 aliphatic heterocycles. The van der Waals surface area contributed by atoms with Crippen LogP contribution in [0.5, 0.6) is 0 Å². The highest BCUT2D eigenvalue weighted by Gasteiger charge is 2.01. The number of carbonyl (C=O) groups is 1. The Labute approximate surface area is 102 Å². The van der Waals surface area contributed by atoms with Gasteiger partial charge in [-0.25, -0.2) is 4.39 Å². The van der Waals surface area contributed by atoms with E-state index in [-0.39, 0.29) is 18.3 Å². The summed E-state index contributed by atoms with van der Waals surface area (Å²) < 4.78 is 13.4. The van der Waals surface area contributed by atoms with Gasteiger partial charge in [0.05, 0.1) is 6.54 Å². The number of halogens is 2. The summed E-state index contributed by atoms with van der Waals surface area (Å²) in [6.07, 6.45) is 0. The molecule has 1 rings (SSSR count). The average molecular weight is 287 g/mol. The van der Waals surface area contributed by atoms with Crippen LogP contribution in [0.4, 0.5) is 10.1 Å². The standard InChI is InChI=1S/C11H12BrFN2O/c1-8(12)6-14-7-11(16)15-10-4-2-9(13)3-5-10/h2-5,14H,1,6-7H2,(H,15,16). The van der Waals surface area contributed by atoms with Crippen LogP contribution in [0.15, 0.2) is 35.3 Å². The molecule has 86 valence electrons. The summed E-state index contributed by atoms with van der Waals surface area (Å²) in [6.45, 7) is 4.33. The zero-order valence-electron chi connectivity index (χ0n) is 8.59. The Bertz CT molecular complexity index is 378. The van der Waals surface area contributed by atoms with Crippen molar-refractivity contribution in [2.45, 2.75) is 0 Å². The van der Waals surface area contributed by atoms with E-state index in [1.54, 1.807) is 0 Å². The van der Waals surface area contributed by atoms with Crippen molar-refractivity contribution in [3.63, 3.8) is 0 Å². The molecule has 0 unspecified atom stereocenters. The molecule has 0 saturated heterocycles. The third-order valence-electron chi connectivity index (χ3n) is 1.73. The molecule has 0 radical (unpaired) electrons. The lowest BCUT2D eigenvalue weighted by Gasteiger charge is -2.05. The number of amides is 1. The number of rotatable bonds is 5. The predicted octanol–water partition coefficient (Wildman–Crippen LogP) is 2.26. The van der Waals surface area contributed by atoms with E-state index >= 15 is 0 Å². The molecule has 0 bridgehead atoms. The van der Waals surface area contributed by atoms with Crippen LogP contribution in [0.1, 0.15) is 0 Å². The largest absolute Gasteiger partial charge is 0.325 e. The third-order valence-corrected chi connectivity index (χ3v) is 2.01. The Morgan fingerprint density at radius 1 is 1.31 bits per heavy atom. The molecule has 16 heavy (non-hydrogen) atoms. The highest BCUT2D eigenvalue weighted by molar-refractivity contribution is 9.11. The van der Waals surface area contributed by atoms with E-state index in [1.807, 2.05) is 0 Å². The first kappa shape index (κ1) is 12.9. The first-order chi connectivity index (χ1) is 7.58. The van der Waals surface area contributed by atoms with E-state index in [2.05, 4.69) is 33.1 Å². The molecule has 0 aliphatic rings. The summed E-state index contributed by atoms with van der Waals surface area (Å²) in [6, 6.07) is 5.61. The summed E-state index contributed by atoms with van der Waals surface area (Å²) in [5.74, 6) is -0.507. The normalized spacial score (nSPS) is 9.88. The molecule has 2 N–H and O–H groups in total. The monoisotopic (exact) mass is 286 g/mol. The SMILES string of the molecule is C=C(Br)CNCC(=O)Nc1ccc(F)cc1. The first-order valence-corrected chi connectivity index (χ1v) is 5.46. The maximum Gasteiger partial charge on any atom is 0.238 e. The Hall–Kier alpha value is -1.20. The zero-order valence-corrected chi connectivity index (χ0v) is 10.2. The van der Waals surface area contributed by atoms with E-state index in [4.69, 9.17) is 0 Å². The van der Waals surface area contributed by atoms with Crippen molar-refractivity contribution < 1.29 is 9.18 Å². The van der Waals surface area contributed by atoms with Crippen molar-refractivity contribution >= 4 is 27.5 Å². The fourth-order valence-electron chi connectivity index (χ4n) is 1.05. The molecule has 0 atom stereocenters. The van der Waals surface area contributed by atoms with Crippen LogP contribution in [-0.2, 0) is 4.79 Å². The minimum Gasteiger partial charge on any atom is -0.325 e. The minimum atomic E-state index is -0.327. The van der Waals surface area contributed by atoms with Crippen molar-refractivity contribution in [1.29, 1.82) is 0 Å². The number of carbonyl (C=O) groups excluding carboxylic acids is 1. The van der Waals surface area contributed by atoms with Crippen molar-refractivity contribution in [1.82, 2.24) is 5.32 Å². The molecular weight excluding hydrogens is 275 g/mol. The summed E-state index contributed by atoms with van der Waals surface area (Å²) >= 11 is 3.17. The van der Waals surface area contributed by atoms with Crippen molar-refractivity contribution in [2.24, 2.45) is 0 Å². The molecule has 1 aromatic rings. The van der Waals surface area contributed by atoms with Crippen molar-refractivity contribution in [2.75, 3.05) is 18.4 Å². The van der Waals surface area contributed by atoms with Crippen LogP contribution in [0.25, 0.3) is 0 Å². The van der Waals surface area contributed by atoms with Gasteiger partial charge in [0.15, 0.2) is 0 Å². The van der Waals surface area contributed by atoms with Gasteiger partial charge in [0.25, 0.3) is 0 Å². The first-order valence-electron chi connectivity index (χ1n) is 4.67. The Balaban J connectivity index is 2.34. The number of anilines is 1. The molecule has 5 heteroatoms. The Kier molecular flexibility index (Phi) is 5.14. The van der Waals surface area contributed by atoms with Gasteiger partial charge in [0.2, 0.25) is 5.91 Å². The van der Waals surface area contributed by atoms with Crippen LogP contribution < -0.4 is 10.6 Å². The van der Waals surface area contributed by atoms with Gasteiger partial charge >= 0.3 is 0 Å². The molecule has 1 amide bonds. The Morgan fingerprint density at radius 3 is 2.50 bits per heavy atom. The van der Waals surface area contributed by atoms with Gasteiger partial charge < -0.3 is 10.6 Å². The second kappa shape index (κ2) is 6.40. The molecule has 3 nitrogen and oxygen atoms in total. The highest BCUT2D eigenvalue weighted by atomic mass is 79.9. The molecule has 0 aromatic heterocycles. The number of benzene rings is 1. The second-order valence-electron chi connectivity index (χ2n) is 3.18. The molecular formula is C11H12BrFN2O. The second-order valence-corrected chi connectivity index (χ2v) is 4.30. The van der Waals surface area contributed by atoms with Gasteiger partial charge in [-0.05, 0) is 24.3 Å². The summed E-state index contributed by atoms with van der Waals surface area (Å²) in [5.41, 5.74) is 0.575. The molecule has 1 aromatic carbocycles. The quantitative estimate of drug-likeness (QED) is 0.872. The van der Waals surface area contributed by atoms with Crippen LogP contribution in [0.3, 0.4) is 0 Å². The van der Waals surface area contributed by atoms with Crippen LogP contribution in [0.2, 0.25) is 0 Å². The molecule has 0 saturated carbocycles. The van der Waals surface area contributed by atoms with E-state index in [0.29, 0.717) is 12.2 Å². The maximum absolute atomic E-state index is 12.6. The van der Waals surface area contributed by atoms with Gasteiger partial charge in [0.1, 0.15) is 5.82 Å². The third kappa shape index (κ3) is 5.04. The lowest BCUT2D eigenvalue weighted by atomic mass is 10.3. The van der Waals surface area contributed by atoms with E-state index in [0.717, 1.165) is 4.48 Å². The van der Waals surface area contributed by atoms with Crippen molar-refractivity contribution in [3.05, 3.63) is 41.1 Å². The van der Waals surface area contributed by atoms with Crippen molar-refractivity contribution in [3.8, 4) is 0 Å². The molecule has 0 fully saturated rings. The fraction of sp³-hybridized carbons (Fsp3) is 0.182. The van der Waals surface area contributed by atoms with E-state index < -0.39 is 0 Å². The predicted molar refractivity (Wildman–Crippen MR) is 66.0 cm³/mol. The highest BCUT2D eigenvalue weighted by Crippen LogP contribution is 2.07. The average Bonchev–Trinajstić information content (AvgIpc) is 2.21. The summed E-state index contributed by atoms with van der Waals surface area (Å²) in [4.78, 5) is 11.4. The number of nitrogens with one attached hydrogen (secondary N) is 2. The Morgan fingerprint density at radius 2 is 1.94 bits per heavy atom.